The number of sulfone groups is 1. The van der Waals surface area contributed by atoms with E-state index in [1.807, 2.05) is 0 Å². The lowest BCUT2D eigenvalue weighted by Crippen LogP contribution is -2.57. The number of aliphatic carboxylic acids is 1. The smallest absolute Gasteiger partial charge is 0.328 e. The van der Waals surface area contributed by atoms with Crippen molar-refractivity contribution in [2.75, 3.05) is 6.54 Å². The number of fused-ring (bicyclic) bond motifs is 1. The molecule has 2 fully saturated rings. The number of carboxylic acid groups (broad SMARTS) is 1. The van der Waals surface area contributed by atoms with Gasteiger partial charge in [-0.3, -0.25) is 4.79 Å². The molecule has 9 nitrogen and oxygen atoms in total. The zero-order valence-corrected chi connectivity index (χ0v) is 10.2. The number of amides is 1. The topological polar surface area (TPSA) is 141 Å². The Kier molecular flexibility index (Phi) is 2.53. The zero-order valence-electron chi connectivity index (χ0n) is 9.35. The molecule has 1 amide bonds. The van der Waals surface area contributed by atoms with Gasteiger partial charge in [0, 0.05) is 11.5 Å². The normalized spacial score (nSPS) is 36.5. The van der Waals surface area contributed by atoms with Gasteiger partial charge in [-0.25, -0.2) is 13.2 Å². The molecule has 0 aromatic rings. The third kappa shape index (κ3) is 1.27. The average Bonchev–Trinajstić information content (AvgIpc) is 2.41. The molecular formula is C8H10N4O5S. The minimum absolute atomic E-state index is 0.210. The first-order valence-corrected chi connectivity index (χ1v) is 6.60. The van der Waals surface area contributed by atoms with Crippen molar-refractivity contribution in [1.29, 1.82) is 0 Å². The van der Waals surface area contributed by atoms with Crippen LogP contribution in [0.5, 0.6) is 0 Å². The molecule has 0 saturated carbocycles. The van der Waals surface area contributed by atoms with Gasteiger partial charge in [0.15, 0.2) is 9.84 Å². The van der Waals surface area contributed by atoms with Crippen LogP contribution in [0.3, 0.4) is 0 Å². The first kappa shape index (κ1) is 12.7. The van der Waals surface area contributed by atoms with Gasteiger partial charge in [0.1, 0.15) is 16.2 Å². The van der Waals surface area contributed by atoms with Gasteiger partial charge in [-0.15, -0.1) is 0 Å². The maximum atomic E-state index is 12.2. The molecule has 0 aromatic heterocycles. The summed E-state index contributed by atoms with van der Waals surface area (Å²) in [5.74, 6) is -1.93. The Labute approximate surface area is 102 Å². The van der Waals surface area contributed by atoms with E-state index in [0.29, 0.717) is 0 Å². The Morgan fingerprint density at radius 3 is 2.78 bits per heavy atom. The van der Waals surface area contributed by atoms with E-state index in [9.17, 15) is 18.0 Å². The van der Waals surface area contributed by atoms with Gasteiger partial charge >= 0.3 is 5.97 Å². The molecule has 0 unspecified atom stereocenters. The van der Waals surface area contributed by atoms with Crippen LogP contribution in [-0.2, 0) is 19.4 Å². The Morgan fingerprint density at radius 1 is 1.72 bits per heavy atom. The van der Waals surface area contributed by atoms with Crippen molar-refractivity contribution in [2.45, 2.75) is 29.5 Å². The van der Waals surface area contributed by atoms with Crippen LogP contribution in [0.4, 0.5) is 0 Å². The van der Waals surface area contributed by atoms with Crippen LogP contribution < -0.4 is 0 Å². The summed E-state index contributed by atoms with van der Waals surface area (Å²) >= 11 is 0. The number of hydrogen-bond acceptors (Lipinski definition) is 5. The molecule has 0 aromatic carbocycles. The van der Waals surface area contributed by atoms with Crippen molar-refractivity contribution < 1.29 is 23.1 Å². The van der Waals surface area contributed by atoms with Crippen molar-refractivity contribution in [3.8, 4) is 0 Å². The quantitative estimate of drug-likeness (QED) is 0.319. The lowest BCUT2D eigenvalue weighted by atomic mass is 9.97. The predicted molar refractivity (Wildman–Crippen MR) is 58.0 cm³/mol. The summed E-state index contributed by atoms with van der Waals surface area (Å²) in [7, 11) is -3.87. The average molecular weight is 274 g/mol. The van der Waals surface area contributed by atoms with Gasteiger partial charge in [-0.2, -0.15) is 0 Å². The third-order valence-corrected chi connectivity index (χ3v) is 6.26. The summed E-state index contributed by atoms with van der Waals surface area (Å²) in [4.78, 5) is 25.9. The fourth-order valence-electron chi connectivity index (χ4n) is 2.46. The van der Waals surface area contributed by atoms with Crippen LogP contribution >= 0.6 is 0 Å². The number of carbonyl (C=O) groups excluding carboxylic acids is 1. The second kappa shape index (κ2) is 3.59. The van der Waals surface area contributed by atoms with Crippen molar-refractivity contribution in [3.05, 3.63) is 10.4 Å². The predicted octanol–water partition coefficient (Wildman–Crippen LogP) is -0.505. The van der Waals surface area contributed by atoms with E-state index in [4.69, 9.17) is 10.6 Å². The maximum absolute atomic E-state index is 12.2. The van der Waals surface area contributed by atoms with Crippen molar-refractivity contribution >= 4 is 21.7 Å². The number of β-lactam (4-membered cyclic amide) rings is 1. The summed E-state index contributed by atoms with van der Waals surface area (Å²) in [5, 5.41) is 11.2. The van der Waals surface area contributed by atoms with Gasteiger partial charge in [-0.1, -0.05) is 5.11 Å². The third-order valence-electron chi connectivity index (χ3n) is 3.49. The highest BCUT2D eigenvalue weighted by Crippen LogP contribution is 2.46. The molecule has 0 radical (unpaired) electrons. The molecule has 0 spiro atoms. The molecule has 1 N–H and O–H groups in total. The van der Waals surface area contributed by atoms with Crippen LogP contribution in [0.15, 0.2) is 5.11 Å². The molecule has 10 heteroatoms. The molecular weight excluding hydrogens is 264 g/mol. The Bertz CT molecular complexity index is 580. The van der Waals surface area contributed by atoms with Crippen LogP contribution in [0, 0.1) is 0 Å². The molecule has 2 aliphatic rings. The summed E-state index contributed by atoms with van der Waals surface area (Å²) in [6, 6.07) is -1.50. The van der Waals surface area contributed by atoms with Crippen molar-refractivity contribution in [1.82, 2.24) is 4.90 Å². The molecule has 18 heavy (non-hydrogen) atoms. The molecule has 2 rings (SSSR count). The molecule has 2 aliphatic heterocycles. The molecule has 0 aliphatic carbocycles. The van der Waals surface area contributed by atoms with Crippen LogP contribution in [0.1, 0.15) is 13.3 Å². The Morgan fingerprint density at radius 2 is 2.33 bits per heavy atom. The fraction of sp³-hybridized carbons (Fsp3) is 0.750. The van der Waals surface area contributed by atoms with Gasteiger partial charge in [-0.05, 0) is 12.5 Å². The Hall–Kier alpha value is -1.80. The number of rotatable bonds is 3. The highest BCUT2D eigenvalue weighted by molar-refractivity contribution is 7.94. The molecule has 0 bridgehead atoms. The lowest BCUT2D eigenvalue weighted by molar-refractivity contribution is -0.157. The van der Waals surface area contributed by atoms with Gasteiger partial charge in [0.2, 0.25) is 5.91 Å². The molecule has 3 atom stereocenters. The van der Waals surface area contributed by atoms with Crippen molar-refractivity contribution in [2.24, 2.45) is 5.11 Å². The highest BCUT2D eigenvalue weighted by atomic mass is 32.2. The van der Waals surface area contributed by atoms with E-state index < -0.39 is 44.4 Å². The van der Waals surface area contributed by atoms with E-state index in [2.05, 4.69) is 10.0 Å². The highest BCUT2D eigenvalue weighted by Gasteiger charge is 2.69. The number of carboxylic acids is 1. The van der Waals surface area contributed by atoms with E-state index in [1.165, 1.54) is 6.92 Å². The standard InChI is InChI=1S/C8H10N4O5S/c1-8(3-10-11-9)6(7(14)15)12-4(13)2-5(12)18(8,16)17/h5-6H,2-3H2,1H3,(H,14,15)/t5-,6-,8-/m0/s1. The maximum Gasteiger partial charge on any atom is 0.328 e. The van der Waals surface area contributed by atoms with Crippen LogP contribution in [0.25, 0.3) is 10.4 Å². The Balaban J connectivity index is 2.56. The van der Waals surface area contributed by atoms with Crippen molar-refractivity contribution in [3.63, 3.8) is 0 Å². The summed E-state index contributed by atoms with van der Waals surface area (Å²) in [5.41, 5.74) is 8.27. The van der Waals surface area contributed by atoms with Gasteiger partial charge < -0.3 is 10.0 Å². The number of hydrogen-bond donors (Lipinski definition) is 1. The van der Waals surface area contributed by atoms with E-state index in [1.54, 1.807) is 0 Å². The van der Waals surface area contributed by atoms with Crippen LogP contribution in [-0.4, -0.2) is 53.0 Å². The lowest BCUT2D eigenvalue weighted by Gasteiger charge is -2.35. The number of nitrogens with zero attached hydrogens (tertiary/aromatic N) is 4. The fourth-order valence-corrected chi connectivity index (χ4v) is 4.75. The summed E-state index contributed by atoms with van der Waals surface area (Å²) in [6.45, 7) is 0.685. The second-order valence-electron chi connectivity index (χ2n) is 4.45. The summed E-state index contributed by atoms with van der Waals surface area (Å²) in [6.07, 6.45) is -0.210. The molecule has 98 valence electrons. The number of azide groups is 1. The summed E-state index contributed by atoms with van der Waals surface area (Å²) < 4.78 is 22.6. The first-order chi connectivity index (χ1) is 8.27. The minimum atomic E-state index is -3.87. The second-order valence-corrected chi connectivity index (χ2v) is 7.01. The van der Waals surface area contributed by atoms with Crippen LogP contribution in [0.2, 0.25) is 0 Å². The van der Waals surface area contributed by atoms with Gasteiger partial charge in [0.25, 0.3) is 0 Å². The number of carbonyl (C=O) groups is 2. The monoisotopic (exact) mass is 274 g/mol. The largest absolute Gasteiger partial charge is 0.480 e. The SMILES string of the molecule is C[C@]1(CN=[N+]=[N-])[C@H](C(=O)O)N2C(=O)C[C@@H]2S1(=O)=O. The first-order valence-electron chi connectivity index (χ1n) is 5.05. The molecule has 2 heterocycles. The van der Waals surface area contributed by atoms with E-state index >= 15 is 0 Å². The molecule has 2 saturated heterocycles. The minimum Gasteiger partial charge on any atom is -0.480 e. The van der Waals surface area contributed by atoms with Gasteiger partial charge in [0.05, 0.1) is 6.42 Å². The zero-order chi connectivity index (χ0) is 13.7. The van der Waals surface area contributed by atoms with E-state index in [0.717, 1.165) is 4.90 Å². The van der Waals surface area contributed by atoms with E-state index in [-0.39, 0.29) is 6.42 Å².